The Morgan fingerprint density at radius 3 is 2.69 bits per heavy atom. The number of aromatic nitrogens is 2. The number of esters is 1. The van der Waals surface area contributed by atoms with E-state index < -0.39 is 22.5 Å². The van der Waals surface area contributed by atoms with Gasteiger partial charge in [0.2, 0.25) is 5.69 Å². The Bertz CT molecular complexity index is 986. The molecule has 0 aromatic carbocycles. The Kier molecular flexibility index (Phi) is 5.48. The first kappa shape index (κ1) is 21.0. The van der Waals surface area contributed by atoms with Crippen molar-refractivity contribution >= 4 is 33.9 Å². The Labute approximate surface area is 172 Å². The topological polar surface area (TPSA) is 116 Å². The smallest absolute Gasteiger partial charge is 0.341 e. The van der Waals surface area contributed by atoms with E-state index in [1.54, 1.807) is 0 Å². The van der Waals surface area contributed by atoms with E-state index in [9.17, 15) is 19.7 Å². The average molecular weight is 420 g/mol. The van der Waals surface area contributed by atoms with Crippen LogP contribution in [0.15, 0.2) is 6.20 Å². The van der Waals surface area contributed by atoms with Gasteiger partial charge < -0.3 is 10.1 Å². The van der Waals surface area contributed by atoms with E-state index in [-0.39, 0.29) is 11.1 Å². The highest BCUT2D eigenvalue weighted by atomic mass is 32.1. The van der Waals surface area contributed by atoms with Crippen LogP contribution in [-0.2, 0) is 24.6 Å². The lowest BCUT2D eigenvalue weighted by Gasteiger charge is -2.33. The zero-order valence-corrected chi connectivity index (χ0v) is 17.9. The first-order valence-electron chi connectivity index (χ1n) is 9.25. The van der Waals surface area contributed by atoms with Crippen molar-refractivity contribution in [3.05, 3.63) is 38.0 Å². The minimum Gasteiger partial charge on any atom is -0.465 e. The summed E-state index contributed by atoms with van der Waals surface area (Å²) in [5.41, 5.74) is 0.677. The van der Waals surface area contributed by atoms with Crippen molar-refractivity contribution in [1.29, 1.82) is 0 Å². The van der Waals surface area contributed by atoms with Crippen LogP contribution in [0.1, 0.15) is 58.5 Å². The van der Waals surface area contributed by atoms with Gasteiger partial charge in [0.1, 0.15) is 11.2 Å². The number of nitrogens with one attached hydrogen (secondary N) is 1. The number of ether oxygens (including phenoxy) is 1. The van der Waals surface area contributed by atoms with Crippen molar-refractivity contribution in [1.82, 2.24) is 9.78 Å². The van der Waals surface area contributed by atoms with Gasteiger partial charge in [-0.25, -0.2) is 4.79 Å². The van der Waals surface area contributed by atoms with Gasteiger partial charge >= 0.3 is 11.7 Å². The normalized spacial score (nSPS) is 16.2. The molecule has 0 saturated heterocycles. The summed E-state index contributed by atoms with van der Waals surface area (Å²) < 4.78 is 6.15. The van der Waals surface area contributed by atoms with Gasteiger partial charge in [0.15, 0.2) is 0 Å². The summed E-state index contributed by atoms with van der Waals surface area (Å²) in [6.07, 6.45) is 3.64. The molecular weight excluding hydrogens is 396 g/mol. The van der Waals surface area contributed by atoms with Crippen molar-refractivity contribution in [3.8, 4) is 0 Å². The molecule has 1 atom stereocenters. The number of rotatable bonds is 4. The number of thiophene rings is 1. The van der Waals surface area contributed by atoms with Crippen LogP contribution in [0, 0.1) is 21.4 Å². The highest BCUT2D eigenvalue weighted by Crippen LogP contribution is 2.44. The number of nitrogens with zero attached hydrogens (tertiary/aromatic N) is 3. The fourth-order valence-electron chi connectivity index (χ4n) is 3.66. The molecule has 1 amide bonds. The van der Waals surface area contributed by atoms with Gasteiger partial charge in [-0.15, -0.1) is 11.3 Å². The maximum Gasteiger partial charge on any atom is 0.341 e. The van der Waals surface area contributed by atoms with Crippen molar-refractivity contribution in [2.75, 3.05) is 12.4 Å². The molecule has 29 heavy (non-hydrogen) atoms. The van der Waals surface area contributed by atoms with Crippen LogP contribution in [0.5, 0.6) is 0 Å². The van der Waals surface area contributed by atoms with Gasteiger partial charge in [-0.1, -0.05) is 20.8 Å². The van der Waals surface area contributed by atoms with Gasteiger partial charge in [0.25, 0.3) is 5.91 Å². The number of carbonyl (C=O) groups excluding carboxylic acids is 2. The fourth-order valence-corrected chi connectivity index (χ4v) is 4.98. The Balaban J connectivity index is 1.98. The summed E-state index contributed by atoms with van der Waals surface area (Å²) in [5, 5.41) is 18.1. The molecule has 1 aliphatic carbocycles. The predicted octanol–water partition coefficient (Wildman–Crippen LogP) is 3.58. The minimum atomic E-state index is -0.728. The molecule has 1 unspecified atom stereocenters. The van der Waals surface area contributed by atoms with Crippen LogP contribution in [-0.4, -0.2) is 33.7 Å². The summed E-state index contributed by atoms with van der Waals surface area (Å²) in [4.78, 5) is 36.8. The zero-order valence-electron chi connectivity index (χ0n) is 17.1. The third-order valence-electron chi connectivity index (χ3n) is 5.33. The maximum atomic E-state index is 12.7. The number of carbonyl (C=O) groups is 2. The van der Waals surface area contributed by atoms with Gasteiger partial charge in [0.05, 0.1) is 17.6 Å². The first-order chi connectivity index (χ1) is 13.5. The standard InChI is InChI=1S/C19H24N4O5S/c1-19(2,3)10-6-7-11-13(8-10)29-17(14(11)18(25)28-5)20-16(24)15-12(23(26)27)9-22(4)21-15/h9-10H,6-8H2,1-5H3,(H,20,24). The summed E-state index contributed by atoms with van der Waals surface area (Å²) in [6, 6.07) is 0. The third-order valence-corrected chi connectivity index (χ3v) is 6.50. The number of anilines is 1. The van der Waals surface area contributed by atoms with E-state index in [0.717, 1.165) is 29.7 Å². The van der Waals surface area contributed by atoms with Crippen LogP contribution in [0.25, 0.3) is 0 Å². The number of fused-ring (bicyclic) bond motifs is 1. The average Bonchev–Trinajstić information content (AvgIpc) is 3.20. The summed E-state index contributed by atoms with van der Waals surface area (Å²) >= 11 is 1.33. The van der Waals surface area contributed by atoms with E-state index in [0.29, 0.717) is 16.5 Å². The fraction of sp³-hybridized carbons (Fsp3) is 0.526. The second-order valence-corrected chi connectivity index (χ2v) is 9.36. The Morgan fingerprint density at radius 2 is 2.10 bits per heavy atom. The molecule has 0 bridgehead atoms. The van der Waals surface area contributed by atoms with Crippen LogP contribution >= 0.6 is 11.3 Å². The number of methoxy groups -OCH3 is 1. The minimum absolute atomic E-state index is 0.130. The Hall–Kier alpha value is -2.75. The summed E-state index contributed by atoms with van der Waals surface area (Å²) in [7, 11) is 2.79. The molecule has 1 N–H and O–H groups in total. The molecule has 10 heteroatoms. The summed E-state index contributed by atoms with van der Waals surface area (Å²) in [5.74, 6) is -0.796. The van der Waals surface area contributed by atoms with Crippen LogP contribution in [0.4, 0.5) is 10.7 Å². The van der Waals surface area contributed by atoms with Gasteiger partial charge in [-0.2, -0.15) is 5.10 Å². The van der Waals surface area contributed by atoms with Crippen molar-refractivity contribution in [2.45, 2.75) is 40.0 Å². The lowest BCUT2D eigenvalue weighted by Crippen LogP contribution is -2.26. The van der Waals surface area contributed by atoms with Crippen LogP contribution < -0.4 is 5.32 Å². The molecular formula is C19H24N4O5S. The van der Waals surface area contributed by atoms with Crippen LogP contribution in [0.3, 0.4) is 0 Å². The second kappa shape index (κ2) is 7.58. The summed E-state index contributed by atoms with van der Waals surface area (Å²) in [6.45, 7) is 6.58. The highest BCUT2D eigenvalue weighted by molar-refractivity contribution is 7.17. The molecule has 3 rings (SSSR count). The maximum absolute atomic E-state index is 12.7. The van der Waals surface area contributed by atoms with Crippen molar-refractivity contribution in [2.24, 2.45) is 18.4 Å². The van der Waals surface area contributed by atoms with E-state index >= 15 is 0 Å². The van der Waals surface area contributed by atoms with Crippen molar-refractivity contribution in [3.63, 3.8) is 0 Å². The van der Waals surface area contributed by atoms with E-state index in [1.165, 1.54) is 36.4 Å². The SMILES string of the molecule is COC(=O)c1c(NC(=O)c2nn(C)cc2[N+](=O)[O-])sc2c1CCC(C(C)(C)C)C2. The molecule has 9 nitrogen and oxygen atoms in total. The monoisotopic (exact) mass is 420 g/mol. The lowest BCUT2D eigenvalue weighted by molar-refractivity contribution is -0.385. The third kappa shape index (κ3) is 4.02. The van der Waals surface area contributed by atoms with E-state index in [4.69, 9.17) is 4.74 Å². The molecule has 0 saturated carbocycles. The number of hydrogen-bond acceptors (Lipinski definition) is 7. The van der Waals surface area contributed by atoms with Crippen molar-refractivity contribution < 1.29 is 19.2 Å². The number of nitro groups is 1. The van der Waals surface area contributed by atoms with Gasteiger partial charge in [-0.3, -0.25) is 19.6 Å². The quantitative estimate of drug-likeness (QED) is 0.459. The van der Waals surface area contributed by atoms with E-state index in [2.05, 4.69) is 31.2 Å². The predicted molar refractivity (Wildman–Crippen MR) is 108 cm³/mol. The zero-order chi connectivity index (χ0) is 21.5. The first-order valence-corrected chi connectivity index (χ1v) is 10.1. The lowest BCUT2D eigenvalue weighted by atomic mass is 9.72. The molecule has 156 valence electrons. The molecule has 0 fully saturated rings. The molecule has 2 aromatic heterocycles. The number of hydrogen-bond donors (Lipinski definition) is 1. The molecule has 0 spiro atoms. The number of amides is 1. The molecule has 2 aromatic rings. The molecule has 0 aliphatic heterocycles. The molecule has 0 radical (unpaired) electrons. The van der Waals surface area contributed by atoms with Gasteiger partial charge in [-0.05, 0) is 36.2 Å². The second-order valence-electron chi connectivity index (χ2n) is 8.25. The highest BCUT2D eigenvalue weighted by Gasteiger charge is 2.35. The Morgan fingerprint density at radius 1 is 1.41 bits per heavy atom. The molecule has 1 aliphatic rings. The largest absolute Gasteiger partial charge is 0.465 e. The number of aryl methyl sites for hydroxylation is 1. The van der Waals surface area contributed by atoms with E-state index in [1.807, 2.05) is 0 Å². The van der Waals surface area contributed by atoms with Gasteiger partial charge in [0, 0.05) is 11.9 Å². The molecule has 2 heterocycles. The van der Waals surface area contributed by atoms with Crippen LogP contribution in [0.2, 0.25) is 0 Å².